The molecule has 0 radical (unpaired) electrons. The maximum atomic E-state index is 11.9. The second kappa shape index (κ2) is 6.01. The Bertz CT molecular complexity index is 613. The summed E-state index contributed by atoms with van der Waals surface area (Å²) in [5, 5.41) is 3.83. The number of carbonyl (C=O) groups excluding carboxylic acids is 1. The van der Waals surface area contributed by atoms with Gasteiger partial charge < -0.3 is 11.1 Å². The maximum Gasteiger partial charge on any atom is 0.247 e. The fraction of sp³-hybridized carbons (Fsp3) is 0.133. The van der Waals surface area contributed by atoms with Crippen molar-refractivity contribution in [3.63, 3.8) is 0 Å². The van der Waals surface area contributed by atoms with Crippen LogP contribution in [-0.4, -0.2) is 5.91 Å². The number of hydrogen-bond donors (Lipinski definition) is 2. The van der Waals surface area contributed by atoms with Crippen molar-refractivity contribution < 1.29 is 4.79 Å². The van der Waals surface area contributed by atoms with Gasteiger partial charge in [0.1, 0.15) is 5.54 Å². The number of rotatable bonds is 4. The SMILES string of the molecule is CC(Nc1ccc(Cl)cc1)(C(N)=O)c1ccc(I)cc1. The zero-order chi connectivity index (χ0) is 14.8. The third-order valence-corrected chi connectivity index (χ3v) is 4.12. The molecule has 5 heteroatoms. The zero-order valence-corrected chi connectivity index (χ0v) is 13.8. The van der Waals surface area contributed by atoms with Gasteiger partial charge in [-0.25, -0.2) is 0 Å². The van der Waals surface area contributed by atoms with E-state index in [1.54, 1.807) is 19.1 Å². The number of hydrogen-bond acceptors (Lipinski definition) is 2. The third-order valence-electron chi connectivity index (χ3n) is 3.15. The fourth-order valence-corrected chi connectivity index (χ4v) is 2.37. The Hall–Kier alpha value is -1.27. The Balaban J connectivity index is 2.37. The lowest BCUT2D eigenvalue weighted by molar-refractivity contribution is -0.122. The van der Waals surface area contributed by atoms with Crippen molar-refractivity contribution in [2.24, 2.45) is 5.73 Å². The van der Waals surface area contributed by atoms with E-state index in [4.69, 9.17) is 17.3 Å². The Labute approximate surface area is 136 Å². The van der Waals surface area contributed by atoms with Gasteiger partial charge in [0.15, 0.2) is 0 Å². The van der Waals surface area contributed by atoms with Crippen molar-refractivity contribution in [1.29, 1.82) is 0 Å². The lowest BCUT2D eigenvalue weighted by Gasteiger charge is -2.29. The molecule has 2 aromatic carbocycles. The first-order chi connectivity index (χ1) is 9.41. The fourth-order valence-electron chi connectivity index (χ4n) is 1.88. The molecule has 0 saturated carbocycles. The average Bonchev–Trinajstić information content (AvgIpc) is 2.42. The van der Waals surface area contributed by atoms with Gasteiger partial charge in [0.2, 0.25) is 5.91 Å². The summed E-state index contributed by atoms with van der Waals surface area (Å²) in [7, 11) is 0. The predicted molar refractivity (Wildman–Crippen MR) is 90.8 cm³/mol. The smallest absolute Gasteiger partial charge is 0.247 e. The topological polar surface area (TPSA) is 55.1 Å². The van der Waals surface area contributed by atoms with Gasteiger partial charge in [-0.2, -0.15) is 0 Å². The molecular formula is C15H14ClIN2O. The molecule has 104 valence electrons. The van der Waals surface area contributed by atoms with Gasteiger partial charge >= 0.3 is 0 Å². The molecule has 1 atom stereocenters. The van der Waals surface area contributed by atoms with E-state index in [9.17, 15) is 4.79 Å². The van der Waals surface area contributed by atoms with Crippen molar-refractivity contribution in [2.45, 2.75) is 12.5 Å². The van der Waals surface area contributed by atoms with Crippen LogP contribution >= 0.6 is 34.2 Å². The van der Waals surface area contributed by atoms with Gasteiger partial charge in [-0.3, -0.25) is 4.79 Å². The van der Waals surface area contributed by atoms with Gasteiger partial charge in [-0.1, -0.05) is 23.7 Å². The van der Waals surface area contributed by atoms with E-state index in [1.165, 1.54) is 0 Å². The van der Waals surface area contributed by atoms with Crippen LogP contribution in [0.5, 0.6) is 0 Å². The van der Waals surface area contributed by atoms with E-state index in [1.807, 2.05) is 36.4 Å². The summed E-state index contributed by atoms with van der Waals surface area (Å²) < 4.78 is 1.10. The van der Waals surface area contributed by atoms with E-state index in [2.05, 4.69) is 27.9 Å². The first-order valence-corrected chi connectivity index (χ1v) is 7.47. The third kappa shape index (κ3) is 3.24. The summed E-state index contributed by atoms with van der Waals surface area (Å²) in [5.74, 6) is -0.436. The molecule has 1 unspecified atom stereocenters. The lowest BCUT2D eigenvalue weighted by atomic mass is 9.91. The highest BCUT2D eigenvalue weighted by molar-refractivity contribution is 14.1. The van der Waals surface area contributed by atoms with Crippen LogP contribution in [0.4, 0.5) is 5.69 Å². The number of nitrogens with two attached hydrogens (primary N) is 1. The Morgan fingerprint density at radius 3 is 2.20 bits per heavy atom. The molecule has 1 amide bonds. The summed E-state index contributed by atoms with van der Waals surface area (Å²) in [5.41, 5.74) is 6.22. The molecule has 2 aromatic rings. The molecule has 0 aliphatic heterocycles. The molecule has 0 aliphatic rings. The number of amides is 1. The second-order valence-electron chi connectivity index (χ2n) is 4.63. The predicted octanol–water partition coefficient (Wildman–Crippen LogP) is 3.76. The molecule has 20 heavy (non-hydrogen) atoms. The first kappa shape index (κ1) is 15.1. The number of primary amides is 1. The van der Waals surface area contributed by atoms with E-state index in [0.717, 1.165) is 14.8 Å². The number of carbonyl (C=O) groups is 1. The standard InChI is InChI=1S/C15H14ClIN2O/c1-15(14(18)20,10-2-6-12(17)7-3-10)19-13-8-4-11(16)5-9-13/h2-9,19H,1H3,(H2,18,20). The van der Waals surface area contributed by atoms with Crippen LogP contribution in [0.2, 0.25) is 5.02 Å². The zero-order valence-electron chi connectivity index (χ0n) is 10.9. The van der Waals surface area contributed by atoms with Crippen molar-refractivity contribution >= 4 is 45.8 Å². The van der Waals surface area contributed by atoms with Gasteiger partial charge in [0.05, 0.1) is 0 Å². The van der Waals surface area contributed by atoms with Gasteiger partial charge in [0, 0.05) is 14.3 Å². The van der Waals surface area contributed by atoms with Crippen LogP contribution in [0.3, 0.4) is 0 Å². The molecule has 0 bridgehead atoms. The molecule has 3 nitrogen and oxygen atoms in total. The largest absolute Gasteiger partial charge is 0.368 e. The Morgan fingerprint density at radius 2 is 1.70 bits per heavy atom. The van der Waals surface area contributed by atoms with Crippen LogP contribution in [-0.2, 0) is 10.3 Å². The molecule has 3 N–H and O–H groups in total. The minimum absolute atomic E-state index is 0.436. The molecular weight excluding hydrogens is 387 g/mol. The van der Waals surface area contributed by atoms with E-state index < -0.39 is 11.4 Å². The number of nitrogens with one attached hydrogen (secondary N) is 1. The van der Waals surface area contributed by atoms with E-state index in [0.29, 0.717) is 5.02 Å². The normalized spacial score (nSPS) is 13.6. The number of halogens is 2. The van der Waals surface area contributed by atoms with Crippen LogP contribution < -0.4 is 11.1 Å². The maximum absolute atomic E-state index is 11.9. The highest BCUT2D eigenvalue weighted by Crippen LogP contribution is 2.27. The van der Waals surface area contributed by atoms with Crippen molar-refractivity contribution in [3.8, 4) is 0 Å². The van der Waals surface area contributed by atoms with Crippen molar-refractivity contribution in [1.82, 2.24) is 0 Å². The van der Waals surface area contributed by atoms with Crippen LogP contribution in [0.15, 0.2) is 48.5 Å². The molecule has 0 aliphatic carbocycles. The second-order valence-corrected chi connectivity index (χ2v) is 6.31. The summed E-state index contributed by atoms with van der Waals surface area (Å²) in [4.78, 5) is 11.9. The summed E-state index contributed by atoms with van der Waals surface area (Å²) >= 11 is 8.08. The molecule has 0 heterocycles. The molecule has 0 saturated heterocycles. The van der Waals surface area contributed by atoms with E-state index >= 15 is 0 Å². The number of benzene rings is 2. The van der Waals surface area contributed by atoms with Crippen molar-refractivity contribution in [3.05, 3.63) is 62.7 Å². The minimum atomic E-state index is -0.974. The Kier molecular flexibility index (Phi) is 4.55. The quantitative estimate of drug-likeness (QED) is 0.768. The highest BCUT2D eigenvalue weighted by Gasteiger charge is 2.33. The summed E-state index contributed by atoms with van der Waals surface area (Å²) in [6.07, 6.45) is 0. The van der Waals surface area contributed by atoms with Gasteiger partial charge in [-0.15, -0.1) is 0 Å². The lowest BCUT2D eigenvalue weighted by Crippen LogP contribution is -2.45. The number of anilines is 1. The van der Waals surface area contributed by atoms with Gasteiger partial charge in [-0.05, 0) is 71.5 Å². The van der Waals surface area contributed by atoms with Crippen LogP contribution in [0.25, 0.3) is 0 Å². The molecule has 0 spiro atoms. The van der Waals surface area contributed by atoms with E-state index in [-0.39, 0.29) is 0 Å². The molecule has 2 rings (SSSR count). The highest BCUT2D eigenvalue weighted by atomic mass is 127. The Morgan fingerprint density at radius 1 is 1.15 bits per heavy atom. The summed E-state index contributed by atoms with van der Waals surface area (Å²) in [6.45, 7) is 1.77. The minimum Gasteiger partial charge on any atom is -0.368 e. The van der Waals surface area contributed by atoms with Crippen molar-refractivity contribution in [2.75, 3.05) is 5.32 Å². The molecule has 0 aromatic heterocycles. The van der Waals surface area contributed by atoms with Crippen LogP contribution in [0.1, 0.15) is 12.5 Å². The average molecular weight is 401 g/mol. The van der Waals surface area contributed by atoms with Crippen LogP contribution in [0, 0.1) is 3.57 Å². The summed E-state index contributed by atoms with van der Waals surface area (Å²) in [6, 6.07) is 14.8. The molecule has 0 fully saturated rings. The van der Waals surface area contributed by atoms with Gasteiger partial charge in [0.25, 0.3) is 0 Å². The monoisotopic (exact) mass is 400 g/mol. The first-order valence-electron chi connectivity index (χ1n) is 6.01.